The number of rotatable bonds is 9. The Balaban J connectivity index is 1.08. The van der Waals surface area contributed by atoms with Crippen LogP contribution < -0.4 is 0 Å². The van der Waals surface area contributed by atoms with E-state index in [1.807, 2.05) is 0 Å². The molecule has 8 aliphatic rings. The summed E-state index contributed by atoms with van der Waals surface area (Å²) in [6, 6.07) is 0. The number of allylic oxidation sites excluding steroid dienone is 2. The zero-order chi connectivity index (χ0) is 49.1. The van der Waals surface area contributed by atoms with Crippen LogP contribution in [0, 0.1) is 50.2 Å². The third-order valence-electron chi connectivity index (χ3n) is 19.2. The molecular weight excluding hydrogens is 881 g/mol. The lowest BCUT2D eigenvalue weighted by Gasteiger charge is -2.71. The van der Waals surface area contributed by atoms with Gasteiger partial charge < -0.3 is 89.4 Å². The number of carbonyl (C=O) groups is 2. The second kappa shape index (κ2) is 18.1. The number of fused-ring (bicyclic) bond motifs is 7. The van der Waals surface area contributed by atoms with Gasteiger partial charge in [0, 0.05) is 0 Å². The van der Waals surface area contributed by atoms with Gasteiger partial charge in [-0.25, -0.2) is 0 Å². The number of aliphatic hydroxyl groups excluding tert-OH is 11. The minimum Gasteiger partial charge on any atom is -0.432 e. The first-order valence-corrected chi connectivity index (χ1v) is 24.3. The van der Waals surface area contributed by atoms with Gasteiger partial charge >= 0.3 is 5.97 Å². The maximum atomic E-state index is 14.7. The summed E-state index contributed by atoms with van der Waals surface area (Å²) in [4.78, 5) is 28.4. The van der Waals surface area contributed by atoms with Crippen LogP contribution in [0.1, 0.15) is 106 Å². The van der Waals surface area contributed by atoms with E-state index in [1.165, 1.54) is 6.92 Å². The number of carbonyl (C=O) groups excluding carboxylic acids is 2. The molecule has 8 rings (SSSR count). The molecule has 0 aromatic carbocycles. The van der Waals surface area contributed by atoms with Crippen molar-refractivity contribution in [3.8, 4) is 0 Å². The molecule has 0 aromatic heterocycles. The van der Waals surface area contributed by atoms with Crippen LogP contribution >= 0.6 is 0 Å². The standard InChI is InChI=1S/C48H76O19/c1-21-29(53)32(56)35(59)39(62-21)65-37-34(58)31(55)26(19-50)64-41(37)66-38-24(52)17-44(4)27(45(38,5)20-51)10-11-47(7)28(44)9-8-22-23-16-43(2,3)12-14-48(23,15-13-46(22,47)6)42(61)67-40-36(60)33(57)30(54)25(18-49)63-40/h8,20-21,23-41,49-50,52-60H,9-19H2,1-7H3/t21-,23-,24-,25+,26+,27+,28+,29-,30+,31+,32+,33-,34-,35+,36+,37+,38-,39-,40-,41-,44-,45-,46+,47+,48-/m0/s1. The molecule has 25 atom stereocenters. The lowest BCUT2D eigenvalue weighted by atomic mass is 9.33. The van der Waals surface area contributed by atoms with Gasteiger partial charge in [0.15, 0.2) is 12.6 Å². The fourth-order valence-corrected chi connectivity index (χ4v) is 15.0. The van der Waals surface area contributed by atoms with E-state index < -0.39 is 145 Å². The molecule has 19 nitrogen and oxygen atoms in total. The van der Waals surface area contributed by atoms with Crippen molar-refractivity contribution in [1.29, 1.82) is 0 Å². The molecule has 19 heteroatoms. The lowest BCUT2D eigenvalue weighted by Crippen LogP contribution is -2.69. The average Bonchev–Trinajstić information content (AvgIpc) is 3.28. The number of hydrogen-bond acceptors (Lipinski definition) is 19. The molecule has 7 fully saturated rings. The van der Waals surface area contributed by atoms with Crippen LogP contribution in [-0.4, -0.2) is 186 Å². The minimum absolute atomic E-state index is 0.0565. The van der Waals surface area contributed by atoms with Crippen molar-refractivity contribution in [2.24, 2.45) is 50.2 Å². The molecule has 382 valence electrons. The number of hydrogen-bond donors (Lipinski definition) is 11. The van der Waals surface area contributed by atoms with Crippen molar-refractivity contribution in [3.05, 3.63) is 11.6 Å². The predicted octanol–water partition coefficient (Wildman–Crippen LogP) is -0.682. The van der Waals surface area contributed by atoms with Crippen molar-refractivity contribution in [2.45, 2.75) is 211 Å². The van der Waals surface area contributed by atoms with Crippen LogP contribution in [0.2, 0.25) is 0 Å². The smallest absolute Gasteiger partial charge is 0.315 e. The Morgan fingerprint density at radius 1 is 0.687 bits per heavy atom. The summed E-state index contributed by atoms with van der Waals surface area (Å²) in [5, 5.41) is 118. The first-order valence-electron chi connectivity index (χ1n) is 24.3. The highest BCUT2D eigenvalue weighted by Gasteiger charge is 2.72. The number of aldehydes is 1. The highest BCUT2D eigenvalue weighted by Crippen LogP contribution is 2.76. The Morgan fingerprint density at radius 2 is 1.28 bits per heavy atom. The number of esters is 1. The van der Waals surface area contributed by atoms with Crippen LogP contribution in [0.4, 0.5) is 0 Å². The van der Waals surface area contributed by atoms with E-state index >= 15 is 0 Å². The number of ether oxygens (including phenoxy) is 6. The summed E-state index contributed by atoms with van der Waals surface area (Å²) >= 11 is 0. The molecule has 3 aliphatic heterocycles. The van der Waals surface area contributed by atoms with Crippen LogP contribution in [-0.2, 0) is 38.0 Å². The van der Waals surface area contributed by atoms with E-state index in [9.17, 15) is 65.8 Å². The zero-order valence-electron chi connectivity index (χ0n) is 39.7. The first kappa shape index (κ1) is 51.6. The third kappa shape index (κ3) is 7.92. The molecule has 0 radical (unpaired) electrons. The van der Waals surface area contributed by atoms with Gasteiger partial charge in [-0.1, -0.05) is 53.2 Å². The van der Waals surface area contributed by atoms with Crippen LogP contribution in [0.15, 0.2) is 11.6 Å². The van der Waals surface area contributed by atoms with Crippen LogP contribution in [0.5, 0.6) is 0 Å². The van der Waals surface area contributed by atoms with Gasteiger partial charge in [0.1, 0.15) is 73.4 Å². The Morgan fingerprint density at radius 3 is 1.93 bits per heavy atom. The molecule has 5 aliphatic carbocycles. The molecular formula is C48H76O19. The highest BCUT2D eigenvalue weighted by atomic mass is 16.8. The van der Waals surface area contributed by atoms with Crippen molar-refractivity contribution < 1.29 is 94.2 Å². The molecule has 67 heavy (non-hydrogen) atoms. The van der Waals surface area contributed by atoms with Gasteiger partial charge in [-0.05, 0) is 104 Å². The second-order valence-electron chi connectivity index (χ2n) is 23.3. The van der Waals surface area contributed by atoms with E-state index in [-0.39, 0.29) is 35.0 Å². The predicted molar refractivity (Wildman–Crippen MR) is 231 cm³/mol. The molecule has 0 aromatic rings. The molecule has 11 N–H and O–H groups in total. The Bertz CT molecular complexity index is 1870. The maximum Gasteiger partial charge on any atom is 0.315 e. The molecule has 3 heterocycles. The third-order valence-corrected chi connectivity index (χ3v) is 19.2. The fraction of sp³-hybridized carbons (Fsp3) is 0.917. The number of aliphatic hydroxyl groups is 11. The lowest BCUT2D eigenvalue weighted by molar-refractivity contribution is -0.379. The average molecular weight is 957 g/mol. The summed E-state index contributed by atoms with van der Waals surface area (Å²) in [5.41, 5.74) is -2.77. The van der Waals surface area contributed by atoms with E-state index in [0.717, 1.165) is 18.3 Å². The normalized spacial score (nSPS) is 55.2. The molecule has 0 unspecified atom stereocenters. The van der Waals surface area contributed by atoms with Crippen LogP contribution in [0.3, 0.4) is 0 Å². The van der Waals surface area contributed by atoms with Gasteiger partial charge in [-0.15, -0.1) is 0 Å². The monoisotopic (exact) mass is 956 g/mol. The van der Waals surface area contributed by atoms with E-state index in [4.69, 9.17) is 28.4 Å². The summed E-state index contributed by atoms with van der Waals surface area (Å²) in [6.07, 6.45) is -17.9. The Hall–Kier alpha value is -1.76. The SMILES string of the molecule is C[C@@H]1O[C@@H](O[C@H]2[C@H](O[C@H]3[C@@H](O)C[C@]4(C)[C@H]5CC=C6[C@@H]7CC(C)(C)CC[C@]7(C(=O)O[C@@H]7O[C@H](CO)[C@@H](O)[C@H](O)[C@H]7O)CC[C@@]6(C)[C@]5(C)CC[C@H]4[C@]3(C)C=O)O[C@H](CO)[C@@H](O)[C@@H]2O)[C@H](O)[C@H](O)[C@H]1O. The van der Waals surface area contributed by atoms with E-state index in [2.05, 4.69) is 40.7 Å². The highest BCUT2D eigenvalue weighted by molar-refractivity contribution is 5.79. The summed E-state index contributed by atoms with van der Waals surface area (Å²) in [5.74, 6) is -1.20. The largest absolute Gasteiger partial charge is 0.432 e. The van der Waals surface area contributed by atoms with Crippen molar-refractivity contribution in [3.63, 3.8) is 0 Å². The van der Waals surface area contributed by atoms with Gasteiger partial charge in [0.05, 0.1) is 42.4 Å². The summed E-state index contributed by atoms with van der Waals surface area (Å²) in [7, 11) is 0. The van der Waals surface area contributed by atoms with Crippen LogP contribution in [0.25, 0.3) is 0 Å². The van der Waals surface area contributed by atoms with E-state index in [1.54, 1.807) is 6.92 Å². The fourth-order valence-electron chi connectivity index (χ4n) is 15.0. The summed E-state index contributed by atoms with van der Waals surface area (Å²) < 4.78 is 35.7. The van der Waals surface area contributed by atoms with Gasteiger partial charge in [0.25, 0.3) is 0 Å². The first-order chi connectivity index (χ1) is 31.3. The van der Waals surface area contributed by atoms with Gasteiger partial charge in [0.2, 0.25) is 6.29 Å². The minimum atomic E-state index is -1.79. The molecule has 4 saturated carbocycles. The molecule has 0 amide bonds. The Labute approximate surface area is 391 Å². The second-order valence-corrected chi connectivity index (χ2v) is 23.3. The molecule has 3 saturated heterocycles. The molecule has 0 bridgehead atoms. The van der Waals surface area contributed by atoms with Crippen molar-refractivity contribution in [2.75, 3.05) is 13.2 Å². The zero-order valence-corrected chi connectivity index (χ0v) is 39.7. The van der Waals surface area contributed by atoms with Gasteiger partial charge in [-0.3, -0.25) is 4.79 Å². The van der Waals surface area contributed by atoms with Crippen molar-refractivity contribution >= 4 is 12.3 Å². The maximum absolute atomic E-state index is 14.7. The van der Waals surface area contributed by atoms with Crippen molar-refractivity contribution in [1.82, 2.24) is 0 Å². The van der Waals surface area contributed by atoms with Gasteiger partial charge in [-0.2, -0.15) is 0 Å². The quantitative estimate of drug-likeness (QED) is 0.0590. The van der Waals surface area contributed by atoms with E-state index in [0.29, 0.717) is 44.9 Å². The topological polar surface area (TPSA) is 312 Å². The Kier molecular flexibility index (Phi) is 13.9. The molecule has 0 spiro atoms. The summed E-state index contributed by atoms with van der Waals surface area (Å²) in [6.45, 7) is 12.9.